The van der Waals surface area contributed by atoms with Crippen LogP contribution >= 0.6 is 0 Å². The summed E-state index contributed by atoms with van der Waals surface area (Å²) in [7, 11) is 3.34. The number of rotatable bonds is 11. The molecule has 0 saturated carbocycles. The molecule has 0 heterocycles. The van der Waals surface area contributed by atoms with Crippen LogP contribution in [0.15, 0.2) is 11.1 Å². The second-order valence-electron chi connectivity index (χ2n) is 8.86. The lowest BCUT2D eigenvalue weighted by molar-refractivity contribution is -0.134. The van der Waals surface area contributed by atoms with Gasteiger partial charge in [0, 0.05) is 34.0 Å². The summed E-state index contributed by atoms with van der Waals surface area (Å²) in [6, 6.07) is -1.16. The summed E-state index contributed by atoms with van der Waals surface area (Å²) in [6.45, 7) is 13.1. The van der Waals surface area contributed by atoms with E-state index >= 15 is 0 Å². The Morgan fingerprint density at radius 3 is 1.87 bits per heavy atom. The molecule has 4 amide bonds. The van der Waals surface area contributed by atoms with Gasteiger partial charge in [-0.3, -0.25) is 19.2 Å². The van der Waals surface area contributed by atoms with Gasteiger partial charge in [0.1, 0.15) is 12.1 Å². The quantitative estimate of drug-likeness (QED) is 0.438. The molecule has 8 heteroatoms. The molecule has 0 aromatic heterocycles. The fourth-order valence-corrected chi connectivity index (χ4v) is 2.88. The predicted molar refractivity (Wildman–Crippen MR) is 119 cm³/mol. The van der Waals surface area contributed by atoms with Crippen LogP contribution in [0.25, 0.3) is 0 Å². The van der Waals surface area contributed by atoms with Gasteiger partial charge < -0.3 is 20.9 Å². The number of carbonyl (C=O) groups excluding carboxylic acids is 4. The Labute approximate surface area is 181 Å². The molecular formula is C22H40N4O4. The summed E-state index contributed by atoms with van der Waals surface area (Å²) in [5, 5.41) is 8.31. The van der Waals surface area contributed by atoms with Gasteiger partial charge in [-0.2, -0.15) is 0 Å². The van der Waals surface area contributed by atoms with Crippen LogP contribution in [0.2, 0.25) is 0 Å². The lowest BCUT2D eigenvalue weighted by atomic mass is 10.0. The highest BCUT2D eigenvalue weighted by atomic mass is 16.2. The van der Waals surface area contributed by atoms with Gasteiger partial charge in [-0.1, -0.05) is 38.8 Å². The molecule has 2 atom stereocenters. The van der Waals surface area contributed by atoms with E-state index < -0.39 is 12.1 Å². The zero-order valence-corrected chi connectivity index (χ0v) is 20.0. The topological polar surface area (TPSA) is 108 Å². The molecule has 0 aliphatic heterocycles. The molecule has 0 rings (SSSR count). The highest BCUT2D eigenvalue weighted by molar-refractivity contribution is 5.88. The van der Waals surface area contributed by atoms with E-state index in [1.165, 1.54) is 11.8 Å². The van der Waals surface area contributed by atoms with Crippen LogP contribution in [0.4, 0.5) is 0 Å². The molecule has 3 N–H and O–H groups in total. The number of likely N-dealkylation sites (N-methyl/N-ethyl adjacent to an activating group) is 1. The van der Waals surface area contributed by atoms with Crippen molar-refractivity contribution in [1.82, 2.24) is 20.9 Å². The predicted octanol–water partition coefficient (Wildman–Crippen LogP) is 1.61. The van der Waals surface area contributed by atoms with Crippen molar-refractivity contribution >= 4 is 23.6 Å². The zero-order valence-electron chi connectivity index (χ0n) is 20.0. The maximum Gasteiger partial charge on any atom is 0.244 e. The average Bonchev–Trinajstić information content (AvgIpc) is 2.61. The SMILES string of the molecule is CC(=O)N[C@H](C(=O)NC/C(C)=C(\C)CC(=O)N[C@@H](CC(C)C)C(=O)N(C)C)C(C)C. The summed E-state index contributed by atoms with van der Waals surface area (Å²) in [4.78, 5) is 50.0. The van der Waals surface area contributed by atoms with Crippen molar-refractivity contribution in [1.29, 1.82) is 0 Å². The number of nitrogens with one attached hydrogen (secondary N) is 3. The Bertz CT molecular complexity index is 654. The maximum absolute atomic E-state index is 12.5. The summed E-state index contributed by atoms with van der Waals surface area (Å²) < 4.78 is 0. The van der Waals surface area contributed by atoms with E-state index in [9.17, 15) is 19.2 Å². The van der Waals surface area contributed by atoms with Gasteiger partial charge in [0.2, 0.25) is 23.6 Å². The third kappa shape index (κ3) is 10.4. The largest absolute Gasteiger partial charge is 0.351 e. The molecule has 0 spiro atoms. The number of hydrogen-bond donors (Lipinski definition) is 3. The van der Waals surface area contributed by atoms with E-state index in [0.717, 1.165) is 11.1 Å². The van der Waals surface area contributed by atoms with Crippen molar-refractivity contribution in [2.24, 2.45) is 11.8 Å². The molecule has 0 aromatic carbocycles. The first kappa shape index (κ1) is 27.6. The Kier molecular flexibility index (Phi) is 12.0. The fourth-order valence-electron chi connectivity index (χ4n) is 2.88. The van der Waals surface area contributed by atoms with Crippen LogP contribution < -0.4 is 16.0 Å². The van der Waals surface area contributed by atoms with Gasteiger partial charge in [0.05, 0.1) is 0 Å². The fraction of sp³-hybridized carbons (Fsp3) is 0.727. The second kappa shape index (κ2) is 13.0. The van der Waals surface area contributed by atoms with Gasteiger partial charge in [-0.15, -0.1) is 0 Å². The minimum absolute atomic E-state index is 0.0443. The van der Waals surface area contributed by atoms with E-state index in [0.29, 0.717) is 6.42 Å². The summed E-state index contributed by atoms with van der Waals surface area (Å²) in [6.07, 6.45) is 0.719. The minimum atomic E-state index is -0.604. The average molecular weight is 425 g/mol. The van der Waals surface area contributed by atoms with Crippen molar-refractivity contribution in [3.63, 3.8) is 0 Å². The first-order valence-electron chi connectivity index (χ1n) is 10.5. The highest BCUT2D eigenvalue weighted by Crippen LogP contribution is 2.11. The number of amides is 4. The Morgan fingerprint density at radius 2 is 1.43 bits per heavy atom. The summed E-state index contributed by atoms with van der Waals surface area (Å²) >= 11 is 0. The number of nitrogens with zero attached hydrogens (tertiary/aromatic N) is 1. The van der Waals surface area contributed by atoms with Gasteiger partial charge in [-0.25, -0.2) is 0 Å². The minimum Gasteiger partial charge on any atom is -0.351 e. The standard InChI is InChI=1S/C22H40N4O4/c1-13(2)10-18(22(30)26(8)9)25-19(28)11-15(5)16(6)12-23-21(29)20(14(3)4)24-17(7)27/h13-14,18,20H,10-12H2,1-9H3,(H,23,29)(H,24,27)(H,25,28)/b16-15+/t18-,20-/m0/s1. The van der Waals surface area contributed by atoms with Crippen molar-refractivity contribution in [2.45, 2.75) is 73.4 Å². The van der Waals surface area contributed by atoms with E-state index in [-0.39, 0.29) is 48.4 Å². The molecule has 0 aromatic rings. The van der Waals surface area contributed by atoms with E-state index in [4.69, 9.17) is 0 Å². The molecular weight excluding hydrogens is 384 g/mol. The summed E-state index contributed by atoms with van der Waals surface area (Å²) in [5.74, 6) is -0.641. The van der Waals surface area contributed by atoms with Gasteiger partial charge in [-0.05, 0) is 32.1 Å². The van der Waals surface area contributed by atoms with Crippen molar-refractivity contribution in [2.75, 3.05) is 20.6 Å². The molecule has 0 aliphatic carbocycles. The van der Waals surface area contributed by atoms with Crippen LogP contribution in [0.1, 0.15) is 61.3 Å². The lowest BCUT2D eigenvalue weighted by Crippen LogP contribution is -2.49. The molecule has 172 valence electrons. The monoisotopic (exact) mass is 424 g/mol. The molecule has 0 bridgehead atoms. The number of hydrogen-bond acceptors (Lipinski definition) is 4. The van der Waals surface area contributed by atoms with Crippen LogP contribution in [-0.4, -0.2) is 61.3 Å². The van der Waals surface area contributed by atoms with Crippen LogP contribution in [0.5, 0.6) is 0 Å². The third-order valence-corrected chi connectivity index (χ3v) is 4.77. The van der Waals surface area contributed by atoms with Crippen LogP contribution in [0.3, 0.4) is 0 Å². The first-order chi connectivity index (χ1) is 13.8. The Hall–Kier alpha value is -2.38. The van der Waals surface area contributed by atoms with Crippen molar-refractivity contribution in [3.8, 4) is 0 Å². The number of carbonyl (C=O) groups is 4. The van der Waals surface area contributed by atoms with E-state index in [1.54, 1.807) is 14.1 Å². The molecule has 0 fully saturated rings. The third-order valence-electron chi connectivity index (χ3n) is 4.77. The highest BCUT2D eigenvalue weighted by Gasteiger charge is 2.24. The second-order valence-corrected chi connectivity index (χ2v) is 8.86. The van der Waals surface area contributed by atoms with E-state index in [1.807, 2.05) is 41.5 Å². The van der Waals surface area contributed by atoms with Gasteiger partial charge in [0.25, 0.3) is 0 Å². The molecule has 0 radical (unpaired) electrons. The Morgan fingerprint density at radius 1 is 0.867 bits per heavy atom. The van der Waals surface area contributed by atoms with Gasteiger partial charge in [0.15, 0.2) is 0 Å². The Balaban J connectivity index is 4.96. The lowest BCUT2D eigenvalue weighted by Gasteiger charge is -2.23. The molecule has 0 aliphatic rings. The van der Waals surface area contributed by atoms with Crippen molar-refractivity contribution < 1.29 is 19.2 Å². The molecule has 30 heavy (non-hydrogen) atoms. The van der Waals surface area contributed by atoms with Crippen molar-refractivity contribution in [3.05, 3.63) is 11.1 Å². The van der Waals surface area contributed by atoms with E-state index in [2.05, 4.69) is 16.0 Å². The first-order valence-corrected chi connectivity index (χ1v) is 10.5. The zero-order chi connectivity index (χ0) is 23.6. The summed E-state index contributed by atoms with van der Waals surface area (Å²) in [5.41, 5.74) is 1.69. The molecule has 0 saturated heterocycles. The smallest absolute Gasteiger partial charge is 0.244 e. The van der Waals surface area contributed by atoms with Crippen LogP contribution in [-0.2, 0) is 19.2 Å². The van der Waals surface area contributed by atoms with Crippen LogP contribution in [0, 0.1) is 11.8 Å². The molecule has 8 nitrogen and oxygen atoms in total. The normalized spacial score (nSPS) is 14.0. The molecule has 0 unspecified atom stereocenters. The maximum atomic E-state index is 12.5. The van der Waals surface area contributed by atoms with Gasteiger partial charge >= 0.3 is 0 Å².